The van der Waals surface area contributed by atoms with Crippen LogP contribution in [0.3, 0.4) is 0 Å². The van der Waals surface area contributed by atoms with Gasteiger partial charge in [0.1, 0.15) is 0 Å². The largest absolute Gasteiger partial charge is 0.371 e. The topological polar surface area (TPSA) is 15.3 Å². The third-order valence-electron chi connectivity index (χ3n) is 3.63. The number of halogens is 1. The number of hydrogen-bond acceptors (Lipinski definition) is 2. The van der Waals surface area contributed by atoms with Crippen LogP contribution < -0.4 is 10.2 Å². The van der Waals surface area contributed by atoms with Gasteiger partial charge in [-0.15, -0.1) is 0 Å². The number of benzene rings is 1. The summed E-state index contributed by atoms with van der Waals surface area (Å²) in [4.78, 5) is 2.49. The summed E-state index contributed by atoms with van der Waals surface area (Å²) in [6, 6.07) is 6.25. The van der Waals surface area contributed by atoms with Crippen molar-refractivity contribution >= 4 is 17.3 Å². The molecule has 0 aliphatic carbocycles. The second-order valence-electron chi connectivity index (χ2n) is 5.89. The van der Waals surface area contributed by atoms with E-state index in [9.17, 15) is 0 Å². The van der Waals surface area contributed by atoms with E-state index in [1.807, 2.05) is 6.07 Å². The number of rotatable bonds is 4. The summed E-state index contributed by atoms with van der Waals surface area (Å²) in [7, 11) is 0. The molecule has 1 aromatic carbocycles. The molecule has 1 fully saturated rings. The summed E-state index contributed by atoms with van der Waals surface area (Å²) >= 11 is 6.11. The van der Waals surface area contributed by atoms with Crippen LogP contribution in [0.5, 0.6) is 0 Å². The molecule has 0 atom stereocenters. The highest BCUT2D eigenvalue weighted by Gasteiger charge is 2.30. The summed E-state index contributed by atoms with van der Waals surface area (Å²) in [6.07, 6.45) is 1.26. The first-order valence-corrected chi connectivity index (χ1v) is 7.14. The Morgan fingerprint density at radius 2 is 2.17 bits per heavy atom. The Morgan fingerprint density at radius 3 is 2.78 bits per heavy atom. The monoisotopic (exact) mass is 266 g/mol. The second kappa shape index (κ2) is 5.50. The average Bonchev–Trinajstić information content (AvgIpc) is 2.67. The first kappa shape index (κ1) is 13.7. The Kier molecular flexibility index (Phi) is 4.18. The lowest BCUT2D eigenvalue weighted by molar-refractivity contribution is 0.418. The Balaban J connectivity index is 2.21. The minimum absolute atomic E-state index is 0.426. The fourth-order valence-corrected chi connectivity index (χ4v) is 2.78. The molecule has 0 radical (unpaired) electrons. The maximum atomic E-state index is 6.11. The fraction of sp³-hybridized carbons (Fsp3) is 0.600. The van der Waals surface area contributed by atoms with Crippen molar-refractivity contribution in [3.8, 4) is 0 Å². The van der Waals surface area contributed by atoms with E-state index in [1.165, 1.54) is 17.7 Å². The van der Waals surface area contributed by atoms with Crippen LogP contribution in [0.25, 0.3) is 0 Å². The highest BCUT2D eigenvalue weighted by molar-refractivity contribution is 6.30. The molecule has 1 aromatic rings. The van der Waals surface area contributed by atoms with E-state index in [0.717, 1.165) is 31.2 Å². The van der Waals surface area contributed by atoms with E-state index in [0.29, 0.717) is 5.41 Å². The van der Waals surface area contributed by atoms with Gasteiger partial charge in [0, 0.05) is 30.3 Å². The molecule has 100 valence electrons. The molecule has 1 aliphatic heterocycles. The summed E-state index contributed by atoms with van der Waals surface area (Å²) < 4.78 is 0. The maximum Gasteiger partial charge on any atom is 0.0413 e. The van der Waals surface area contributed by atoms with Crippen molar-refractivity contribution < 1.29 is 0 Å². The SMILES string of the molecule is CCNCc1cc(Cl)ccc1N1CCC(C)(C)C1. The Morgan fingerprint density at radius 1 is 1.39 bits per heavy atom. The lowest BCUT2D eigenvalue weighted by atomic mass is 9.93. The fourth-order valence-electron chi connectivity index (χ4n) is 2.58. The third kappa shape index (κ3) is 3.18. The van der Waals surface area contributed by atoms with Gasteiger partial charge in [0.2, 0.25) is 0 Å². The van der Waals surface area contributed by atoms with E-state index in [1.54, 1.807) is 0 Å². The van der Waals surface area contributed by atoms with Gasteiger partial charge in [-0.3, -0.25) is 0 Å². The molecule has 1 aliphatic rings. The van der Waals surface area contributed by atoms with Crippen molar-refractivity contribution in [3.63, 3.8) is 0 Å². The Hall–Kier alpha value is -0.730. The Labute approximate surface area is 115 Å². The van der Waals surface area contributed by atoms with Gasteiger partial charge in [-0.1, -0.05) is 32.4 Å². The maximum absolute atomic E-state index is 6.11. The lowest BCUT2D eigenvalue weighted by Crippen LogP contribution is -2.25. The molecule has 0 unspecified atom stereocenters. The molecule has 0 amide bonds. The zero-order valence-electron chi connectivity index (χ0n) is 11.6. The first-order valence-electron chi connectivity index (χ1n) is 6.76. The van der Waals surface area contributed by atoms with Crippen molar-refractivity contribution in [1.82, 2.24) is 5.32 Å². The van der Waals surface area contributed by atoms with Gasteiger partial charge in [0.05, 0.1) is 0 Å². The van der Waals surface area contributed by atoms with Gasteiger partial charge < -0.3 is 10.2 Å². The number of nitrogens with one attached hydrogen (secondary N) is 1. The van der Waals surface area contributed by atoms with Crippen LogP contribution in [0.15, 0.2) is 18.2 Å². The highest BCUT2D eigenvalue weighted by Crippen LogP contribution is 2.34. The van der Waals surface area contributed by atoms with Crippen LogP contribution in [0.4, 0.5) is 5.69 Å². The van der Waals surface area contributed by atoms with Gasteiger partial charge in [-0.25, -0.2) is 0 Å². The smallest absolute Gasteiger partial charge is 0.0413 e. The van der Waals surface area contributed by atoms with Gasteiger partial charge in [0.25, 0.3) is 0 Å². The van der Waals surface area contributed by atoms with Crippen LogP contribution in [0, 0.1) is 5.41 Å². The summed E-state index contributed by atoms with van der Waals surface area (Å²) in [5.74, 6) is 0. The van der Waals surface area contributed by atoms with E-state index >= 15 is 0 Å². The summed E-state index contributed by atoms with van der Waals surface area (Å²) in [5, 5.41) is 4.22. The van der Waals surface area contributed by atoms with Gasteiger partial charge in [-0.2, -0.15) is 0 Å². The molecule has 2 nitrogen and oxygen atoms in total. The normalized spacial score (nSPS) is 18.3. The molecule has 2 rings (SSSR count). The molecule has 0 spiro atoms. The van der Waals surface area contributed by atoms with Crippen molar-refractivity contribution in [2.75, 3.05) is 24.5 Å². The summed E-state index contributed by atoms with van der Waals surface area (Å²) in [6.45, 7) is 11.0. The van der Waals surface area contributed by atoms with Crippen LogP contribution in [-0.2, 0) is 6.54 Å². The van der Waals surface area contributed by atoms with Crippen molar-refractivity contribution in [2.24, 2.45) is 5.41 Å². The van der Waals surface area contributed by atoms with Gasteiger partial charge >= 0.3 is 0 Å². The molecule has 1 saturated heterocycles. The van der Waals surface area contributed by atoms with Crippen molar-refractivity contribution in [1.29, 1.82) is 0 Å². The van der Waals surface area contributed by atoms with E-state index in [4.69, 9.17) is 11.6 Å². The quantitative estimate of drug-likeness (QED) is 0.894. The molecular weight excluding hydrogens is 244 g/mol. The standard InChI is InChI=1S/C15H23ClN2/c1-4-17-10-12-9-13(16)5-6-14(12)18-8-7-15(2,3)11-18/h5-6,9,17H,4,7-8,10-11H2,1-3H3. The first-order chi connectivity index (χ1) is 8.52. The molecule has 0 bridgehead atoms. The van der Waals surface area contributed by atoms with Crippen LogP contribution in [0.2, 0.25) is 5.02 Å². The van der Waals surface area contributed by atoms with Crippen molar-refractivity contribution in [3.05, 3.63) is 28.8 Å². The minimum atomic E-state index is 0.426. The van der Waals surface area contributed by atoms with Gasteiger partial charge in [0.15, 0.2) is 0 Å². The predicted molar refractivity (Wildman–Crippen MR) is 79.4 cm³/mol. The average molecular weight is 267 g/mol. The van der Waals surface area contributed by atoms with Crippen LogP contribution >= 0.6 is 11.6 Å². The lowest BCUT2D eigenvalue weighted by Gasteiger charge is -2.24. The molecule has 0 saturated carbocycles. The van der Waals surface area contributed by atoms with E-state index in [2.05, 4.69) is 43.1 Å². The highest BCUT2D eigenvalue weighted by atomic mass is 35.5. The summed E-state index contributed by atoms with van der Waals surface area (Å²) in [5.41, 5.74) is 3.07. The van der Waals surface area contributed by atoms with E-state index in [-0.39, 0.29) is 0 Å². The Bertz CT molecular complexity index is 415. The molecule has 3 heteroatoms. The third-order valence-corrected chi connectivity index (χ3v) is 3.86. The van der Waals surface area contributed by atoms with Crippen LogP contribution in [-0.4, -0.2) is 19.6 Å². The molecule has 1 heterocycles. The molecule has 18 heavy (non-hydrogen) atoms. The van der Waals surface area contributed by atoms with E-state index < -0.39 is 0 Å². The predicted octanol–water partition coefficient (Wildman–Crippen LogP) is 3.69. The molecule has 1 N–H and O–H groups in total. The minimum Gasteiger partial charge on any atom is -0.371 e. The van der Waals surface area contributed by atoms with Gasteiger partial charge in [-0.05, 0) is 42.1 Å². The van der Waals surface area contributed by atoms with Crippen molar-refractivity contribution in [2.45, 2.75) is 33.7 Å². The number of anilines is 1. The number of nitrogens with zero attached hydrogens (tertiary/aromatic N) is 1. The van der Waals surface area contributed by atoms with Crippen LogP contribution in [0.1, 0.15) is 32.8 Å². The molecular formula is C15H23ClN2. The zero-order valence-corrected chi connectivity index (χ0v) is 12.3. The molecule has 0 aromatic heterocycles. The zero-order chi connectivity index (χ0) is 13.2. The second-order valence-corrected chi connectivity index (χ2v) is 6.33. The number of hydrogen-bond donors (Lipinski definition) is 1.